The molecule has 1 atom stereocenters. The molecule has 4 nitrogen and oxygen atoms in total. The van der Waals surface area contributed by atoms with Crippen LogP contribution in [0.3, 0.4) is 0 Å². The van der Waals surface area contributed by atoms with E-state index in [-0.39, 0.29) is 0 Å². The molecule has 82 valence electrons. The molecule has 1 aromatic rings. The van der Waals surface area contributed by atoms with Gasteiger partial charge in [0, 0.05) is 17.8 Å². The molecule has 0 saturated carbocycles. The molecule has 1 aliphatic heterocycles. The number of ether oxygens (including phenoxy) is 1. The Labute approximate surface area is 94.0 Å². The molecular formula is C10H14ClN3O. The summed E-state index contributed by atoms with van der Waals surface area (Å²) in [5, 5.41) is 3.80. The molecule has 2 heterocycles. The summed E-state index contributed by atoms with van der Waals surface area (Å²) in [6.45, 7) is 3.55. The van der Waals surface area contributed by atoms with Crippen LogP contribution in [-0.4, -0.2) is 29.2 Å². The summed E-state index contributed by atoms with van der Waals surface area (Å²) in [5.74, 6) is 0. The van der Waals surface area contributed by atoms with Crippen LogP contribution in [0.15, 0.2) is 6.20 Å². The van der Waals surface area contributed by atoms with Gasteiger partial charge < -0.3 is 10.1 Å². The highest BCUT2D eigenvalue weighted by atomic mass is 35.5. The van der Waals surface area contributed by atoms with Crippen LogP contribution >= 0.6 is 11.6 Å². The van der Waals surface area contributed by atoms with Crippen molar-refractivity contribution in [2.24, 2.45) is 0 Å². The van der Waals surface area contributed by atoms with Gasteiger partial charge in [0.25, 0.3) is 0 Å². The molecule has 2 rings (SSSR count). The predicted octanol–water partition coefficient (Wildman–Crippen LogP) is 1.57. The Kier molecular flexibility index (Phi) is 3.38. The fourth-order valence-electron chi connectivity index (χ4n) is 1.55. The van der Waals surface area contributed by atoms with Gasteiger partial charge in [-0.15, -0.1) is 0 Å². The van der Waals surface area contributed by atoms with Crippen molar-refractivity contribution in [3.05, 3.63) is 16.9 Å². The second-order valence-electron chi connectivity index (χ2n) is 3.73. The number of nitrogens with zero attached hydrogens (tertiary/aromatic N) is 2. The summed E-state index contributed by atoms with van der Waals surface area (Å²) in [5.41, 5.74) is 0.864. The third-order valence-electron chi connectivity index (χ3n) is 2.46. The van der Waals surface area contributed by atoms with E-state index in [0.717, 1.165) is 18.5 Å². The van der Waals surface area contributed by atoms with E-state index < -0.39 is 0 Å². The van der Waals surface area contributed by atoms with Gasteiger partial charge in [-0.1, -0.05) is 11.6 Å². The van der Waals surface area contributed by atoms with Gasteiger partial charge in [0.1, 0.15) is 11.8 Å². The highest BCUT2D eigenvalue weighted by molar-refractivity contribution is 6.30. The number of rotatable bonds is 3. The fourth-order valence-corrected chi connectivity index (χ4v) is 1.67. The quantitative estimate of drug-likeness (QED) is 0.797. The lowest BCUT2D eigenvalue weighted by Gasteiger charge is -2.10. The van der Waals surface area contributed by atoms with E-state index in [2.05, 4.69) is 15.3 Å². The van der Waals surface area contributed by atoms with Crippen molar-refractivity contribution in [1.82, 2.24) is 15.3 Å². The number of hydrogen-bond donors (Lipinski definition) is 1. The number of aromatic nitrogens is 2. The van der Waals surface area contributed by atoms with Gasteiger partial charge >= 0.3 is 6.01 Å². The highest BCUT2D eigenvalue weighted by Gasteiger charge is 2.15. The normalized spacial score (nSPS) is 20.5. The van der Waals surface area contributed by atoms with Crippen LogP contribution in [0, 0.1) is 6.92 Å². The maximum Gasteiger partial charge on any atom is 0.317 e. The van der Waals surface area contributed by atoms with E-state index in [1.165, 1.54) is 6.42 Å². The second-order valence-corrected chi connectivity index (χ2v) is 4.09. The molecule has 1 N–H and O–H groups in total. The van der Waals surface area contributed by atoms with Gasteiger partial charge in [-0.2, -0.15) is 4.98 Å². The Bertz CT molecular complexity index is 339. The lowest BCUT2D eigenvalue weighted by molar-refractivity contribution is 0.257. The van der Waals surface area contributed by atoms with Gasteiger partial charge in [-0.25, -0.2) is 4.98 Å². The molecule has 0 spiro atoms. The Hall–Kier alpha value is -0.870. The standard InChI is InChI=1S/C10H14ClN3O/c1-7-5-13-10(14-9(7)11)15-6-8-3-2-4-12-8/h5,8,12H,2-4,6H2,1H3. The van der Waals surface area contributed by atoms with Gasteiger partial charge in [-0.3, -0.25) is 0 Å². The molecular weight excluding hydrogens is 214 g/mol. The van der Waals surface area contributed by atoms with E-state index >= 15 is 0 Å². The molecule has 1 fully saturated rings. The van der Waals surface area contributed by atoms with Crippen molar-refractivity contribution in [2.75, 3.05) is 13.2 Å². The minimum atomic E-state index is 0.360. The van der Waals surface area contributed by atoms with E-state index in [9.17, 15) is 0 Å². The van der Waals surface area contributed by atoms with E-state index in [1.54, 1.807) is 6.20 Å². The fraction of sp³-hybridized carbons (Fsp3) is 0.600. The van der Waals surface area contributed by atoms with Crippen LogP contribution in [-0.2, 0) is 0 Å². The Balaban J connectivity index is 1.90. The second kappa shape index (κ2) is 4.77. The lowest BCUT2D eigenvalue weighted by Crippen LogP contribution is -2.28. The molecule has 1 saturated heterocycles. The number of aryl methyl sites for hydroxylation is 1. The summed E-state index contributed by atoms with van der Waals surface area (Å²) in [7, 11) is 0. The third kappa shape index (κ3) is 2.79. The zero-order chi connectivity index (χ0) is 10.7. The Morgan fingerprint density at radius 3 is 3.20 bits per heavy atom. The van der Waals surface area contributed by atoms with Crippen molar-refractivity contribution in [2.45, 2.75) is 25.8 Å². The van der Waals surface area contributed by atoms with Crippen molar-refractivity contribution >= 4 is 11.6 Å². The van der Waals surface area contributed by atoms with Crippen LogP contribution in [0.1, 0.15) is 18.4 Å². The topological polar surface area (TPSA) is 47.0 Å². The van der Waals surface area contributed by atoms with Crippen LogP contribution in [0.25, 0.3) is 0 Å². The summed E-state index contributed by atoms with van der Waals surface area (Å²) in [6.07, 6.45) is 4.04. The molecule has 0 aliphatic carbocycles. The summed E-state index contributed by atoms with van der Waals surface area (Å²) < 4.78 is 5.46. The van der Waals surface area contributed by atoms with Gasteiger partial charge in [0.15, 0.2) is 0 Å². The van der Waals surface area contributed by atoms with Crippen LogP contribution in [0.4, 0.5) is 0 Å². The summed E-state index contributed by atoms with van der Waals surface area (Å²) >= 11 is 5.86. The summed E-state index contributed by atoms with van der Waals surface area (Å²) in [6, 6.07) is 0.785. The van der Waals surface area contributed by atoms with E-state index in [4.69, 9.17) is 16.3 Å². The molecule has 0 radical (unpaired) electrons. The van der Waals surface area contributed by atoms with Crippen LogP contribution in [0.5, 0.6) is 6.01 Å². The lowest BCUT2D eigenvalue weighted by atomic mass is 10.2. The third-order valence-corrected chi connectivity index (χ3v) is 2.85. The smallest absolute Gasteiger partial charge is 0.317 e. The molecule has 0 amide bonds. The first-order chi connectivity index (χ1) is 7.25. The molecule has 0 aromatic carbocycles. The summed E-state index contributed by atoms with van der Waals surface area (Å²) in [4.78, 5) is 8.09. The van der Waals surface area contributed by atoms with Crippen molar-refractivity contribution in [1.29, 1.82) is 0 Å². The first kappa shape index (κ1) is 10.6. The average molecular weight is 228 g/mol. The van der Waals surface area contributed by atoms with Gasteiger partial charge in [0.05, 0.1) is 0 Å². The Morgan fingerprint density at radius 2 is 2.53 bits per heavy atom. The molecule has 1 aromatic heterocycles. The van der Waals surface area contributed by atoms with Crippen molar-refractivity contribution in [3.63, 3.8) is 0 Å². The molecule has 1 aliphatic rings. The average Bonchev–Trinajstić information content (AvgIpc) is 2.73. The first-order valence-corrected chi connectivity index (χ1v) is 5.49. The largest absolute Gasteiger partial charge is 0.462 e. The highest BCUT2D eigenvalue weighted by Crippen LogP contribution is 2.14. The van der Waals surface area contributed by atoms with Crippen LogP contribution < -0.4 is 10.1 Å². The van der Waals surface area contributed by atoms with Crippen LogP contribution in [0.2, 0.25) is 5.15 Å². The zero-order valence-electron chi connectivity index (χ0n) is 8.66. The number of nitrogens with one attached hydrogen (secondary N) is 1. The van der Waals surface area contributed by atoms with E-state index in [0.29, 0.717) is 23.8 Å². The SMILES string of the molecule is Cc1cnc(OCC2CCCN2)nc1Cl. The van der Waals surface area contributed by atoms with Gasteiger partial charge in [-0.05, 0) is 26.3 Å². The number of hydrogen-bond acceptors (Lipinski definition) is 4. The molecule has 15 heavy (non-hydrogen) atoms. The zero-order valence-corrected chi connectivity index (χ0v) is 9.42. The maximum absolute atomic E-state index is 5.86. The minimum absolute atomic E-state index is 0.360. The number of halogens is 1. The maximum atomic E-state index is 5.86. The minimum Gasteiger partial charge on any atom is -0.462 e. The molecule has 0 bridgehead atoms. The Morgan fingerprint density at radius 1 is 1.67 bits per heavy atom. The van der Waals surface area contributed by atoms with Gasteiger partial charge in [0.2, 0.25) is 0 Å². The first-order valence-electron chi connectivity index (χ1n) is 5.11. The molecule has 1 unspecified atom stereocenters. The predicted molar refractivity (Wildman–Crippen MR) is 58.3 cm³/mol. The van der Waals surface area contributed by atoms with Crippen molar-refractivity contribution < 1.29 is 4.74 Å². The molecule has 5 heteroatoms. The monoisotopic (exact) mass is 227 g/mol. The van der Waals surface area contributed by atoms with Crippen molar-refractivity contribution in [3.8, 4) is 6.01 Å². The van der Waals surface area contributed by atoms with E-state index in [1.807, 2.05) is 6.92 Å².